The van der Waals surface area contributed by atoms with Crippen LogP contribution in [0.1, 0.15) is 5.56 Å². The third kappa shape index (κ3) is 3.51. The highest BCUT2D eigenvalue weighted by Crippen LogP contribution is 2.35. The summed E-state index contributed by atoms with van der Waals surface area (Å²) in [4.78, 5) is 16.8. The molecule has 4 nitrogen and oxygen atoms in total. The van der Waals surface area contributed by atoms with Crippen LogP contribution in [0.5, 0.6) is 0 Å². The molecule has 0 aliphatic heterocycles. The SMILES string of the molecule is Cc1ccc(Sc2ccc3c(-c4c(Cl)cccc4Cl)c(=O)ncn3n2)c(F)c1. The van der Waals surface area contributed by atoms with Gasteiger partial charge < -0.3 is 0 Å². The average molecular weight is 432 g/mol. The van der Waals surface area contributed by atoms with Gasteiger partial charge >= 0.3 is 0 Å². The standard InChI is InChI=1S/C20H12Cl2FN3OS/c1-11-5-7-16(14(23)9-11)28-17-8-6-15-19(20(27)24-10-26(15)25-17)18-12(21)3-2-4-13(18)22/h2-10H,1H3. The quantitative estimate of drug-likeness (QED) is 0.419. The van der Waals surface area contributed by atoms with Gasteiger partial charge in [0.15, 0.2) is 0 Å². The lowest BCUT2D eigenvalue weighted by atomic mass is 10.1. The molecule has 0 aliphatic rings. The third-order valence-corrected chi connectivity index (χ3v) is 5.71. The van der Waals surface area contributed by atoms with Crippen LogP contribution in [0.15, 0.2) is 69.6 Å². The second kappa shape index (κ2) is 7.54. The number of fused-ring (bicyclic) bond motifs is 1. The maximum atomic E-state index is 14.1. The highest BCUT2D eigenvalue weighted by Gasteiger charge is 2.17. The summed E-state index contributed by atoms with van der Waals surface area (Å²) in [7, 11) is 0. The first-order valence-corrected chi connectivity index (χ1v) is 9.78. The van der Waals surface area contributed by atoms with Gasteiger partial charge in [-0.2, -0.15) is 10.1 Å². The summed E-state index contributed by atoms with van der Waals surface area (Å²) in [6.07, 6.45) is 1.32. The molecular formula is C20H12Cl2FN3OS. The zero-order valence-electron chi connectivity index (χ0n) is 14.5. The van der Waals surface area contributed by atoms with Gasteiger partial charge in [0.25, 0.3) is 5.56 Å². The van der Waals surface area contributed by atoms with E-state index in [1.54, 1.807) is 36.4 Å². The minimum atomic E-state index is -0.457. The number of benzene rings is 2. The van der Waals surface area contributed by atoms with Crippen molar-refractivity contribution in [2.45, 2.75) is 16.8 Å². The van der Waals surface area contributed by atoms with Gasteiger partial charge in [-0.05, 0) is 48.9 Å². The topological polar surface area (TPSA) is 47.3 Å². The summed E-state index contributed by atoms with van der Waals surface area (Å²) < 4.78 is 15.6. The van der Waals surface area contributed by atoms with Crippen molar-refractivity contribution in [3.8, 4) is 11.1 Å². The Morgan fingerprint density at radius 2 is 1.79 bits per heavy atom. The largest absolute Gasteiger partial charge is 0.281 e. The molecule has 0 saturated carbocycles. The van der Waals surface area contributed by atoms with Crippen LogP contribution in [0.3, 0.4) is 0 Å². The second-order valence-electron chi connectivity index (χ2n) is 6.06. The molecule has 0 atom stereocenters. The van der Waals surface area contributed by atoms with Crippen LogP contribution in [-0.4, -0.2) is 14.6 Å². The highest BCUT2D eigenvalue weighted by molar-refractivity contribution is 7.99. The zero-order valence-corrected chi connectivity index (χ0v) is 16.8. The first kappa shape index (κ1) is 18.9. The van der Waals surface area contributed by atoms with E-state index in [9.17, 15) is 9.18 Å². The Bertz CT molecular complexity index is 1260. The van der Waals surface area contributed by atoms with Crippen molar-refractivity contribution in [1.82, 2.24) is 14.6 Å². The Morgan fingerprint density at radius 3 is 2.50 bits per heavy atom. The fourth-order valence-electron chi connectivity index (χ4n) is 2.81. The van der Waals surface area contributed by atoms with Crippen LogP contribution in [0.25, 0.3) is 16.6 Å². The van der Waals surface area contributed by atoms with E-state index in [-0.39, 0.29) is 11.4 Å². The molecule has 0 bridgehead atoms. The molecule has 2 aromatic carbocycles. The van der Waals surface area contributed by atoms with E-state index in [1.165, 1.54) is 28.7 Å². The van der Waals surface area contributed by atoms with E-state index in [0.29, 0.717) is 31.0 Å². The Kier molecular flexibility index (Phi) is 5.10. The number of hydrogen-bond acceptors (Lipinski definition) is 4. The van der Waals surface area contributed by atoms with Gasteiger partial charge in [0.2, 0.25) is 0 Å². The molecule has 0 radical (unpaired) electrons. The predicted octanol–water partition coefficient (Wildman–Crippen LogP) is 5.66. The number of aryl methyl sites for hydroxylation is 1. The van der Waals surface area contributed by atoms with Crippen LogP contribution in [0.4, 0.5) is 4.39 Å². The van der Waals surface area contributed by atoms with E-state index >= 15 is 0 Å². The smallest absolute Gasteiger partial charge is 0.267 e. The normalized spacial score (nSPS) is 11.1. The zero-order chi connectivity index (χ0) is 19.8. The van der Waals surface area contributed by atoms with E-state index in [4.69, 9.17) is 23.2 Å². The van der Waals surface area contributed by atoms with E-state index < -0.39 is 5.56 Å². The Morgan fingerprint density at radius 1 is 1.04 bits per heavy atom. The molecule has 2 aromatic heterocycles. The molecule has 0 amide bonds. The van der Waals surface area contributed by atoms with Gasteiger partial charge in [0.05, 0.1) is 21.1 Å². The summed E-state index contributed by atoms with van der Waals surface area (Å²) in [6, 6.07) is 13.5. The first-order chi connectivity index (χ1) is 13.4. The number of hydrogen-bond donors (Lipinski definition) is 0. The molecule has 0 spiro atoms. The van der Waals surface area contributed by atoms with Gasteiger partial charge in [-0.1, -0.05) is 47.1 Å². The third-order valence-electron chi connectivity index (χ3n) is 4.11. The van der Waals surface area contributed by atoms with E-state index in [1.807, 2.05) is 13.0 Å². The summed E-state index contributed by atoms with van der Waals surface area (Å²) in [5.41, 5.74) is 1.57. The molecule has 140 valence electrons. The fourth-order valence-corrected chi connectivity index (χ4v) is 4.18. The lowest BCUT2D eigenvalue weighted by Gasteiger charge is -2.11. The Hall–Kier alpha value is -2.41. The van der Waals surface area contributed by atoms with E-state index in [2.05, 4.69) is 10.1 Å². The molecule has 2 heterocycles. The molecule has 0 N–H and O–H groups in total. The van der Waals surface area contributed by atoms with Crippen molar-refractivity contribution in [3.63, 3.8) is 0 Å². The number of aromatic nitrogens is 3. The van der Waals surface area contributed by atoms with Gasteiger partial charge in [0, 0.05) is 10.5 Å². The Balaban J connectivity index is 1.84. The van der Waals surface area contributed by atoms with Crippen molar-refractivity contribution in [2.24, 2.45) is 0 Å². The van der Waals surface area contributed by atoms with Crippen molar-refractivity contribution in [2.75, 3.05) is 0 Å². The van der Waals surface area contributed by atoms with Crippen molar-refractivity contribution < 1.29 is 4.39 Å². The van der Waals surface area contributed by atoms with Crippen LogP contribution < -0.4 is 5.56 Å². The van der Waals surface area contributed by atoms with Crippen LogP contribution >= 0.6 is 35.0 Å². The summed E-state index contributed by atoms with van der Waals surface area (Å²) in [5, 5.41) is 5.69. The molecule has 8 heteroatoms. The van der Waals surface area contributed by atoms with Gasteiger partial charge in [-0.15, -0.1) is 0 Å². The van der Waals surface area contributed by atoms with Gasteiger partial charge in [0.1, 0.15) is 17.2 Å². The fraction of sp³-hybridized carbons (Fsp3) is 0.0500. The predicted molar refractivity (Wildman–Crippen MR) is 110 cm³/mol. The molecule has 0 aliphatic carbocycles. The average Bonchev–Trinajstić information content (AvgIpc) is 2.65. The highest BCUT2D eigenvalue weighted by atomic mass is 35.5. The molecule has 28 heavy (non-hydrogen) atoms. The van der Waals surface area contributed by atoms with Crippen molar-refractivity contribution in [3.05, 3.63) is 86.6 Å². The monoisotopic (exact) mass is 431 g/mol. The maximum Gasteiger partial charge on any atom is 0.281 e. The Labute approximate surface area is 174 Å². The van der Waals surface area contributed by atoms with Gasteiger partial charge in [-0.3, -0.25) is 4.79 Å². The summed E-state index contributed by atoms with van der Waals surface area (Å²) in [5.74, 6) is -0.312. The molecule has 0 fully saturated rings. The summed E-state index contributed by atoms with van der Waals surface area (Å²) >= 11 is 13.7. The lowest BCUT2D eigenvalue weighted by Crippen LogP contribution is -2.14. The minimum absolute atomic E-state index is 0.267. The number of nitrogens with zero attached hydrogens (tertiary/aromatic N) is 3. The van der Waals surface area contributed by atoms with Crippen molar-refractivity contribution >= 4 is 40.5 Å². The molecule has 4 aromatic rings. The van der Waals surface area contributed by atoms with Crippen LogP contribution in [-0.2, 0) is 0 Å². The lowest BCUT2D eigenvalue weighted by molar-refractivity contribution is 0.600. The number of halogens is 3. The molecule has 4 rings (SSSR count). The second-order valence-corrected chi connectivity index (χ2v) is 7.94. The molecule has 0 saturated heterocycles. The number of rotatable bonds is 3. The molecular weight excluding hydrogens is 420 g/mol. The minimum Gasteiger partial charge on any atom is -0.267 e. The first-order valence-electron chi connectivity index (χ1n) is 8.21. The van der Waals surface area contributed by atoms with Crippen molar-refractivity contribution in [1.29, 1.82) is 0 Å². The molecule has 0 unspecified atom stereocenters. The van der Waals surface area contributed by atoms with Gasteiger partial charge in [-0.25, -0.2) is 8.91 Å². The maximum absolute atomic E-state index is 14.1. The summed E-state index contributed by atoms with van der Waals surface area (Å²) in [6.45, 7) is 1.83. The van der Waals surface area contributed by atoms with E-state index in [0.717, 1.165) is 5.56 Å². The van der Waals surface area contributed by atoms with Crippen LogP contribution in [0, 0.1) is 12.7 Å². The van der Waals surface area contributed by atoms with Crippen LogP contribution in [0.2, 0.25) is 10.0 Å².